The molecule has 0 N–H and O–H groups in total. The lowest BCUT2D eigenvalue weighted by atomic mass is 9.94. The molecule has 1 aromatic heterocycles. The molecule has 134 valence electrons. The van der Waals surface area contributed by atoms with Crippen LogP contribution in [0.5, 0.6) is 0 Å². The fourth-order valence-corrected chi connectivity index (χ4v) is 5.55. The molecule has 4 rings (SSSR count). The van der Waals surface area contributed by atoms with Crippen LogP contribution in [0.1, 0.15) is 37.8 Å². The van der Waals surface area contributed by atoms with Gasteiger partial charge in [0.05, 0.1) is 5.69 Å². The minimum atomic E-state index is 0.859. The van der Waals surface area contributed by atoms with E-state index in [2.05, 4.69) is 49.3 Å². The maximum Gasteiger partial charge on any atom is 0.124 e. The lowest BCUT2D eigenvalue weighted by Crippen LogP contribution is -2.50. The molecule has 3 nitrogen and oxygen atoms in total. The van der Waals surface area contributed by atoms with Crippen LogP contribution in [0.25, 0.3) is 10.6 Å². The van der Waals surface area contributed by atoms with Crippen molar-refractivity contribution in [1.29, 1.82) is 0 Å². The largest absolute Gasteiger partial charge is 0.298 e. The Kier molecular flexibility index (Phi) is 5.86. The average molecular weight is 420 g/mol. The molecule has 1 saturated heterocycles. The smallest absolute Gasteiger partial charge is 0.124 e. The van der Waals surface area contributed by atoms with E-state index in [4.69, 9.17) is 4.98 Å². The first-order valence-electron chi connectivity index (χ1n) is 9.45. The van der Waals surface area contributed by atoms with E-state index in [1.165, 1.54) is 69.5 Å². The molecule has 2 heterocycles. The Morgan fingerprint density at radius 3 is 2.56 bits per heavy atom. The number of rotatable bonds is 4. The van der Waals surface area contributed by atoms with Gasteiger partial charge in [-0.3, -0.25) is 9.80 Å². The van der Waals surface area contributed by atoms with Crippen molar-refractivity contribution < 1.29 is 0 Å². The Labute approximate surface area is 163 Å². The summed E-state index contributed by atoms with van der Waals surface area (Å²) in [4.78, 5) is 10.2. The molecule has 1 aromatic carbocycles. The first-order chi connectivity index (χ1) is 12.3. The molecule has 0 amide bonds. The molecule has 2 fully saturated rings. The van der Waals surface area contributed by atoms with Crippen molar-refractivity contribution in [3.05, 3.63) is 39.8 Å². The highest BCUT2D eigenvalue weighted by Gasteiger charge is 2.25. The van der Waals surface area contributed by atoms with Gasteiger partial charge in [0.2, 0.25) is 0 Å². The monoisotopic (exact) mass is 419 g/mol. The predicted octanol–water partition coefficient (Wildman–Crippen LogP) is 5.02. The van der Waals surface area contributed by atoms with Crippen molar-refractivity contribution in [3.8, 4) is 10.6 Å². The number of halogens is 1. The van der Waals surface area contributed by atoms with Crippen LogP contribution in [-0.2, 0) is 6.54 Å². The maximum atomic E-state index is 4.88. The van der Waals surface area contributed by atoms with Gasteiger partial charge in [-0.05, 0) is 18.9 Å². The summed E-state index contributed by atoms with van der Waals surface area (Å²) < 4.78 is 1.12. The third-order valence-corrected chi connectivity index (χ3v) is 7.16. The third-order valence-electron chi connectivity index (χ3n) is 5.54. The summed E-state index contributed by atoms with van der Waals surface area (Å²) in [6.07, 6.45) is 7.14. The van der Waals surface area contributed by atoms with Crippen LogP contribution in [0, 0.1) is 0 Å². The third kappa shape index (κ3) is 4.33. The second kappa shape index (κ2) is 8.30. The first kappa shape index (κ1) is 17.7. The number of nitrogens with zero attached hydrogens (tertiary/aromatic N) is 3. The van der Waals surface area contributed by atoms with Gasteiger partial charge in [0, 0.05) is 54.2 Å². The number of thiazole rings is 1. The molecule has 0 unspecified atom stereocenters. The van der Waals surface area contributed by atoms with Crippen LogP contribution in [-0.4, -0.2) is 47.0 Å². The number of hydrogen-bond acceptors (Lipinski definition) is 4. The van der Waals surface area contributed by atoms with Gasteiger partial charge in [-0.2, -0.15) is 0 Å². The van der Waals surface area contributed by atoms with E-state index in [0.717, 1.165) is 22.1 Å². The number of aromatic nitrogens is 1. The van der Waals surface area contributed by atoms with E-state index in [-0.39, 0.29) is 0 Å². The van der Waals surface area contributed by atoms with Gasteiger partial charge in [-0.25, -0.2) is 4.98 Å². The zero-order chi connectivity index (χ0) is 17.1. The summed E-state index contributed by atoms with van der Waals surface area (Å²) in [5.74, 6) is 0. The quantitative estimate of drug-likeness (QED) is 0.692. The van der Waals surface area contributed by atoms with E-state index < -0.39 is 0 Å². The fraction of sp³-hybridized carbons (Fsp3) is 0.550. The Hall–Kier alpha value is -0.750. The molecule has 0 atom stereocenters. The van der Waals surface area contributed by atoms with Crippen LogP contribution in [0.15, 0.2) is 34.1 Å². The Morgan fingerprint density at radius 1 is 1.04 bits per heavy atom. The fourth-order valence-electron chi connectivity index (χ4n) is 4.10. The highest BCUT2D eigenvalue weighted by atomic mass is 79.9. The van der Waals surface area contributed by atoms with Crippen LogP contribution in [0.4, 0.5) is 0 Å². The molecule has 1 aliphatic heterocycles. The van der Waals surface area contributed by atoms with E-state index in [9.17, 15) is 0 Å². The van der Waals surface area contributed by atoms with Crippen LogP contribution < -0.4 is 0 Å². The summed E-state index contributed by atoms with van der Waals surface area (Å²) in [7, 11) is 0. The zero-order valence-electron chi connectivity index (χ0n) is 14.7. The first-order valence-corrected chi connectivity index (χ1v) is 11.1. The van der Waals surface area contributed by atoms with Crippen molar-refractivity contribution in [2.75, 3.05) is 26.2 Å². The molecule has 2 aliphatic rings. The second-order valence-electron chi connectivity index (χ2n) is 7.23. The van der Waals surface area contributed by atoms with E-state index >= 15 is 0 Å². The summed E-state index contributed by atoms with van der Waals surface area (Å²) in [6.45, 7) is 5.80. The van der Waals surface area contributed by atoms with E-state index in [1.807, 2.05) is 6.07 Å². The van der Waals surface area contributed by atoms with Crippen molar-refractivity contribution in [3.63, 3.8) is 0 Å². The van der Waals surface area contributed by atoms with Gasteiger partial charge in [-0.15, -0.1) is 11.3 Å². The van der Waals surface area contributed by atoms with Crippen LogP contribution in [0.3, 0.4) is 0 Å². The number of piperazine rings is 1. The molecule has 0 spiro atoms. The topological polar surface area (TPSA) is 19.4 Å². The highest BCUT2D eigenvalue weighted by molar-refractivity contribution is 9.10. The zero-order valence-corrected chi connectivity index (χ0v) is 17.1. The van der Waals surface area contributed by atoms with Crippen molar-refractivity contribution in [1.82, 2.24) is 14.8 Å². The van der Waals surface area contributed by atoms with Gasteiger partial charge in [0.15, 0.2) is 0 Å². The Morgan fingerprint density at radius 2 is 1.80 bits per heavy atom. The molecular weight excluding hydrogens is 394 g/mol. The minimum Gasteiger partial charge on any atom is -0.298 e. The van der Waals surface area contributed by atoms with Gasteiger partial charge >= 0.3 is 0 Å². The van der Waals surface area contributed by atoms with Gasteiger partial charge in [0.1, 0.15) is 5.01 Å². The number of benzene rings is 1. The lowest BCUT2D eigenvalue weighted by Gasteiger charge is -2.40. The van der Waals surface area contributed by atoms with E-state index in [1.54, 1.807) is 11.3 Å². The predicted molar refractivity (Wildman–Crippen MR) is 109 cm³/mol. The lowest BCUT2D eigenvalue weighted by molar-refractivity contribution is 0.0750. The molecule has 1 aliphatic carbocycles. The maximum absolute atomic E-state index is 4.88. The van der Waals surface area contributed by atoms with Gasteiger partial charge in [-0.1, -0.05) is 53.4 Å². The summed E-state index contributed by atoms with van der Waals surface area (Å²) >= 11 is 5.39. The summed E-state index contributed by atoms with van der Waals surface area (Å²) in [5, 5.41) is 3.34. The normalized spacial score (nSPS) is 20.8. The SMILES string of the molecule is Brc1ccccc1-c1nc(CN2CCN(C3CCCCC3)CC2)cs1. The van der Waals surface area contributed by atoms with Crippen LogP contribution in [0.2, 0.25) is 0 Å². The van der Waals surface area contributed by atoms with Crippen LogP contribution >= 0.6 is 27.3 Å². The van der Waals surface area contributed by atoms with Gasteiger partial charge in [0.25, 0.3) is 0 Å². The van der Waals surface area contributed by atoms with Crippen molar-refractivity contribution in [2.24, 2.45) is 0 Å². The molecule has 25 heavy (non-hydrogen) atoms. The molecule has 0 radical (unpaired) electrons. The van der Waals surface area contributed by atoms with E-state index in [0.29, 0.717) is 0 Å². The average Bonchev–Trinajstić information content (AvgIpc) is 3.12. The standard InChI is InChI=1S/C20H26BrN3S/c21-19-9-5-4-8-18(19)20-22-16(15-25-20)14-23-10-12-24(13-11-23)17-6-2-1-3-7-17/h4-5,8-9,15,17H,1-3,6-7,10-14H2. The number of hydrogen-bond donors (Lipinski definition) is 0. The highest BCUT2D eigenvalue weighted by Crippen LogP contribution is 2.31. The molecule has 1 saturated carbocycles. The molecule has 2 aromatic rings. The van der Waals surface area contributed by atoms with Crippen molar-refractivity contribution in [2.45, 2.75) is 44.7 Å². The molecular formula is C20H26BrN3S. The second-order valence-corrected chi connectivity index (χ2v) is 8.94. The summed E-state index contributed by atoms with van der Waals surface area (Å²) in [6, 6.07) is 9.20. The Balaban J connectivity index is 1.32. The minimum absolute atomic E-state index is 0.859. The molecule has 5 heteroatoms. The summed E-state index contributed by atoms with van der Waals surface area (Å²) in [5.41, 5.74) is 2.41. The Bertz CT molecular complexity index is 688. The molecule has 0 bridgehead atoms. The van der Waals surface area contributed by atoms with Gasteiger partial charge < -0.3 is 0 Å². The van der Waals surface area contributed by atoms with Crippen molar-refractivity contribution >= 4 is 27.3 Å².